The van der Waals surface area contributed by atoms with E-state index in [2.05, 4.69) is 34.6 Å². The Hall–Kier alpha value is 0.190. The molecule has 0 aromatic heterocycles. The van der Waals surface area contributed by atoms with Crippen molar-refractivity contribution in [3.05, 3.63) is 0 Å². The molecule has 1 N–H and O–H groups in total. The summed E-state index contributed by atoms with van der Waals surface area (Å²) in [6.45, 7) is 11.2. The van der Waals surface area contributed by atoms with Crippen LogP contribution in [-0.4, -0.2) is 16.7 Å². The Labute approximate surface area is 178 Å². The molecule has 0 rings (SSSR count). The maximum Gasteiger partial charge on any atom is 0.203 e. The minimum atomic E-state index is -3.07. The van der Waals surface area contributed by atoms with Gasteiger partial charge in [0.1, 0.15) is 0 Å². The lowest BCUT2D eigenvalue weighted by atomic mass is 9.92. The quantitative estimate of drug-likeness (QED) is 0.159. The lowest BCUT2D eigenvalue weighted by Crippen LogP contribution is -2.20. The molecule has 0 radical (unpaired) electrons. The lowest BCUT2D eigenvalue weighted by Gasteiger charge is -2.29. The maximum absolute atomic E-state index is 13.4. The van der Waals surface area contributed by atoms with Gasteiger partial charge in [-0.1, -0.05) is 118 Å². The molecule has 3 atom stereocenters. The van der Waals surface area contributed by atoms with Gasteiger partial charge in [-0.3, -0.25) is 4.57 Å². The molecule has 0 bridgehead atoms. The molecule has 28 heavy (non-hydrogen) atoms. The fourth-order valence-corrected chi connectivity index (χ4v) is 7.02. The fraction of sp³-hybridized carbons (Fsp3) is 1.00. The Balaban J connectivity index is 4.72. The largest absolute Gasteiger partial charge is 0.344 e. The first-order valence-corrected chi connectivity index (χ1v) is 14.6. The molecule has 3 unspecified atom stereocenters. The monoisotopic (exact) mass is 416 g/mol. The summed E-state index contributed by atoms with van der Waals surface area (Å²) < 4.78 is 13.4. The third kappa shape index (κ3) is 14.2. The molecule has 0 aliphatic carbocycles. The minimum Gasteiger partial charge on any atom is -0.344 e. The smallest absolute Gasteiger partial charge is 0.203 e. The van der Waals surface area contributed by atoms with E-state index in [9.17, 15) is 9.46 Å². The van der Waals surface area contributed by atoms with E-state index < -0.39 is 7.37 Å². The Kier molecular flexibility index (Phi) is 18.1. The summed E-state index contributed by atoms with van der Waals surface area (Å²) in [5.41, 5.74) is 0.0446. The molecule has 0 spiro atoms. The van der Waals surface area contributed by atoms with Gasteiger partial charge in [-0.15, -0.1) is 0 Å². The van der Waals surface area contributed by atoms with E-state index in [-0.39, 0.29) is 5.66 Å². The maximum atomic E-state index is 13.4. The first-order valence-electron chi connectivity index (χ1n) is 12.7. The molecule has 0 fully saturated rings. The Morgan fingerprint density at radius 1 is 0.643 bits per heavy atom. The predicted octanol–water partition coefficient (Wildman–Crippen LogP) is 9.20. The van der Waals surface area contributed by atoms with Gasteiger partial charge in [0.05, 0.1) is 0 Å². The lowest BCUT2D eigenvalue weighted by molar-refractivity contribution is 0.359. The highest BCUT2D eigenvalue weighted by Gasteiger charge is 2.33. The zero-order valence-corrected chi connectivity index (χ0v) is 20.9. The molecule has 0 saturated carbocycles. The highest BCUT2D eigenvalue weighted by atomic mass is 31.2. The van der Waals surface area contributed by atoms with Gasteiger partial charge in [-0.25, -0.2) is 0 Å². The van der Waals surface area contributed by atoms with Crippen LogP contribution in [0.4, 0.5) is 0 Å². The summed E-state index contributed by atoms with van der Waals surface area (Å²) in [6.07, 6.45) is 19.7. The number of hydrogen-bond donors (Lipinski definition) is 1. The molecule has 170 valence electrons. The number of unbranched alkanes of at least 4 members (excludes halogenated alkanes) is 10. The second-order valence-electron chi connectivity index (χ2n) is 9.50. The van der Waals surface area contributed by atoms with Gasteiger partial charge in [0, 0.05) is 11.8 Å². The Morgan fingerprint density at radius 3 is 1.50 bits per heavy atom. The average molecular weight is 417 g/mol. The van der Waals surface area contributed by atoms with Crippen molar-refractivity contribution in [3.8, 4) is 0 Å². The van der Waals surface area contributed by atoms with Gasteiger partial charge in [0.15, 0.2) is 0 Å². The summed E-state index contributed by atoms with van der Waals surface area (Å²) in [6, 6.07) is 0. The van der Waals surface area contributed by atoms with E-state index in [1.165, 1.54) is 70.6 Å². The van der Waals surface area contributed by atoms with Crippen LogP contribution in [-0.2, 0) is 4.57 Å². The van der Waals surface area contributed by atoms with Crippen molar-refractivity contribution in [2.45, 2.75) is 143 Å². The van der Waals surface area contributed by atoms with E-state index in [1.54, 1.807) is 0 Å². The summed E-state index contributed by atoms with van der Waals surface area (Å²) in [5, 5.41) is 0. The minimum absolute atomic E-state index is 0.0446. The first kappa shape index (κ1) is 28.2. The highest BCUT2D eigenvalue weighted by molar-refractivity contribution is 7.58. The van der Waals surface area contributed by atoms with Crippen molar-refractivity contribution in [1.82, 2.24) is 0 Å². The topological polar surface area (TPSA) is 37.3 Å². The molecular weight excluding hydrogens is 363 g/mol. The molecular formula is C25H53O2P. The van der Waals surface area contributed by atoms with Gasteiger partial charge < -0.3 is 4.89 Å². The predicted molar refractivity (Wildman–Crippen MR) is 128 cm³/mol. The van der Waals surface area contributed by atoms with Gasteiger partial charge in [-0.2, -0.15) is 0 Å². The normalized spacial score (nSPS) is 16.2. The van der Waals surface area contributed by atoms with E-state index in [0.717, 1.165) is 32.1 Å². The molecule has 0 aromatic carbocycles. The summed E-state index contributed by atoms with van der Waals surface area (Å²) in [4.78, 5) is 11.1. The van der Waals surface area contributed by atoms with E-state index in [1.807, 2.05) is 0 Å². The van der Waals surface area contributed by atoms with Crippen molar-refractivity contribution in [2.75, 3.05) is 6.16 Å². The van der Waals surface area contributed by atoms with Crippen molar-refractivity contribution >= 4 is 7.37 Å². The van der Waals surface area contributed by atoms with Gasteiger partial charge >= 0.3 is 0 Å². The van der Waals surface area contributed by atoms with Crippen LogP contribution in [0.3, 0.4) is 0 Å². The molecule has 0 aliphatic heterocycles. The molecule has 2 nitrogen and oxygen atoms in total. The molecule has 3 heteroatoms. The molecule has 0 aromatic rings. The van der Waals surface area contributed by atoms with Gasteiger partial charge in [0.2, 0.25) is 7.37 Å². The highest BCUT2D eigenvalue weighted by Crippen LogP contribution is 2.53. The third-order valence-electron chi connectivity index (χ3n) is 6.47. The van der Waals surface area contributed by atoms with Crippen LogP contribution in [0, 0.1) is 11.8 Å². The van der Waals surface area contributed by atoms with Gasteiger partial charge in [-0.05, 0) is 31.1 Å². The van der Waals surface area contributed by atoms with Crippen LogP contribution in [0.2, 0.25) is 0 Å². The van der Waals surface area contributed by atoms with Crippen molar-refractivity contribution in [2.24, 2.45) is 11.8 Å². The Bertz CT molecular complexity index is 381. The molecule has 0 aliphatic rings. The second-order valence-corrected chi connectivity index (χ2v) is 12.1. The van der Waals surface area contributed by atoms with E-state index in [4.69, 9.17) is 0 Å². The Morgan fingerprint density at radius 2 is 1.07 bits per heavy atom. The summed E-state index contributed by atoms with van der Waals surface area (Å²) in [7, 11) is -3.07. The molecule has 0 heterocycles. The van der Waals surface area contributed by atoms with Crippen LogP contribution in [0.1, 0.15) is 137 Å². The van der Waals surface area contributed by atoms with Crippen molar-refractivity contribution in [3.63, 3.8) is 0 Å². The van der Waals surface area contributed by atoms with Crippen molar-refractivity contribution in [1.29, 1.82) is 0 Å². The number of rotatable bonds is 20. The standard InChI is InChI=1S/C25H53O2P/c1-6-9-12-14-16-18-21-25(20-17-15-13-10-7-2)28(26,27)22-24(23(4)5)19-11-8-3/h23-25H,6-22H2,1-5H3,(H,26,27). The molecule has 0 saturated heterocycles. The van der Waals surface area contributed by atoms with Crippen LogP contribution in [0.15, 0.2) is 0 Å². The fourth-order valence-electron chi connectivity index (χ4n) is 4.28. The number of hydrogen-bond acceptors (Lipinski definition) is 1. The van der Waals surface area contributed by atoms with E-state index >= 15 is 0 Å². The third-order valence-corrected chi connectivity index (χ3v) is 9.12. The summed E-state index contributed by atoms with van der Waals surface area (Å²) in [5.74, 6) is 0.911. The van der Waals surface area contributed by atoms with Crippen LogP contribution < -0.4 is 0 Å². The van der Waals surface area contributed by atoms with Gasteiger partial charge in [0.25, 0.3) is 0 Å². The second kappa shape index (κ2) is 18.0. The SMILES string of the molecule is CCCCCCCCC(CCCCCCC)P(=O)(O)CC(CCCC)C(C)C. The first-order chi connectivity index (χ1) is 13.4. The molecule has 0 amide bonds. The van der Waals surface area contributed by atoms with Crippen LogP contribution >= 0.6 is 7.37 Å². The zero-order chi connectivity index (χ0) is 21.3. The average Bonchev–Trinajstić information content (AvgIpc) is 2.65. The van der Waals surface area contributed by atoms with Crippen molar-refractivity contribution < 1.29 is 9.46 Å². The summed E-state index contributed by atoms with van der Waals surface area (Å²) >= 11 is 0. The van der Waals surface area contributed by atoms with Crippen LogP contribution in [0.25, 0.3) is 0 Å². The van der Waals surface area contributed by atoms with E-state index in [0.29, 0.717) is 18.0 Å². The zero-order valence-electron chi connectivity index (χ0n) is 20.1. The van der Waals surface area contributed by atoms with Crippen LogP contribution in [0.5, 0.6) is 0 Å².